The molecule has 158 valence electrons. The first kappa shape index (κ1) is 21.3. The van der Waals surface area contributed by atoms with E-state index in [1.807, 2.05) is 50.2 Å². The van der Waals surface area contributed by atoms with E-state index in [9.17, 15) is 4.79 Å². The predicted octanol–water partition coefficient (Wildman–Crippen LogP) is 5.50. The SMILES string of the molecule is CCOc1ccccc1NC(=O)CSc1nnc(-c2ccc(C)cc2)c2sc(C)nc12. The van der Waals surface area contributed by atoms with Gasteiger partial charge in [-0.1, -0.05) is 53.7 Å². The number of amides is 1. The Bertz CT molecular complexity index is 1220. The number of ether oxygens (including phenoxy) is 1. The van der Waals surface area contributed by atoms with Crippen LogP contribution >= 0.6 is 23.1 Å². The maximum absolute atomic E-state index is 12.6. The molecule has 0 aliphatic carbocycles. The van der Waals surface area contributed by atoms with E-state index in [0.717, 1.165) is 26.5 Å². The lowest BCUT2D eigenvalue weighted by Gasteiger charge is -2.11. The Balaban J connectivity index is 1.54. The van der Waals surface area contributed by atoms with Crippen molar-refractivity contribution in [1.82, 2.24) is 15.2 Å². The van der Waals surface area contributed by atoms with Gasteiger partial charge in [-0.2, -0.15) is 0 Å². The van der Waals surface area contributed by atoms with Crippen LogP contribution in [0.15, 0.2) is 53.6 Å². The van der Waals surface area contributed by atoms with Crippen LogP contribution in [0.3, 0.4) is 0 Å². The summed E-state index contributed by atoms with van der Waals surface area (Å²) in [5.41, 5.74) is 4.47. The Kier molecular flexibility index (Phi) is 6.48. The standard InChI is InChI=1S/C23H22N4O2S2/c1-4-29-18-8-6-5-7-17(18)25-19(28)13-30-23-21-22(31-15(3)24-21)20(26-27-23)16-11-9-14(2)10-12-16/h5-12H,4,13H2,1-3H3,(H,25,28). The van der Waals surface area contributed by atoms with Gasteiger partial charge in [0.2, 0.25) is 5.91 Å². The average Bonchev–Trinajstić information content (AvgIpc) is 3.16. The zero-order valence-electron chi connectivity index (χ0n) is 17.5. The highest BCUT2D eigenvalue weighted by Crippen LogP contribution is 2.35. The minimum atomic E-state index is -0.137. The molecule has 0 fully saturated rings. The van der Waals surface area contributed by atoms with Crippen LogP contribution in [0.4, 0.5) is 5.69 Å². The third-order valence-corrected chi connectivity index (χ3v) is 6.45. The number of thioether (sulfide) groups is 1. The first-order chi connectivity index (χ1) is 15.0. The van der Waals surface area contributed by atoms with E-state index in [0.29, 0.717) is 23.1 Å². The molecule has 6 nitrogen and oxygen atoms in total. The smallest absolute Gasteiger partial charge is 0.234 e. The number of aromatic nitrogens is 3. The lowest BCUT2D eigenvalue weighted by Crippen LogP contribution is -2.15. The molecule has 0 bridgehead atoms. The van der Waals surface area contributed by atoms with Gasteiger partial charge >= 0.3 is 0 Å². The minimum Gasteiger partial charge on any atom is -0.492 e. The molecule has 4 aromatic rings. The van der Waals surface area contributed by atoms with Gasteiger partial charge in [0.25, 0.3) is 0 Å². The number of aryl methyl sites for hydroxylation is 2. The summed E-state index contributed by atoms with van der Waals surface area (Å²) in [6, 6.07) is 15.6. The second-order valence-electron chi connectivity index (χ2n) is 6.90. The van der Waals surface area contributed by atoms with Gasteiger partial charge in [-0.25, -0.2) is 4.98 Å². The van der Waals surface area contributed by atoms with Gasteiger partial charge in [0.15, 0.2) is 0 Å². The van der Waals surface area contributed by atoms with Crippen molar-refractivity contribution in [3.63, 3.8) is 0 Å². The van der Waals surface area contributed by atoms with Gasteiger partial charge < -0.3 is 10.1 Å². The first-order valence-electron chi connectivity index (χ1n) is 9.90. The number of benzene rings is 2. The molecule has 0 aliphatic heterocycles. The lowest BCUT2D eigenvalue weighted by molar-refractivity contribution is -0.113. The number of hydrogen-bond acceptors (Lipinski definition) is 7. The summed E-state index contributed by atoms with van der Waals surface area (Å²) in [7, 11) is 0. The van der Waals surface area contributed by atoms with Gasteiger partial charge in [0.1, 0.15) is 22.0 Å². The van der Waals surface area contributed by atoms with Crippen LogP contribution in [-0.2, 0) is 4.79 Å². The summed E-state index contributed by atoms with van der Waals surface area (Å²) in [5.74, 6) is 0.717. The first-order valence-corrected chi connectivity index (χ1v) is 11.7. The Hall–Kier alpha value is -2.97. The maximum atomic E-state index is 12.6. The summed E-state index contributed by atoms with van der Waals surface area (Å²) in [6.45, 7) is 6.47. The van der Waals surface area contributed by atoms with Crippen LogP contribution in [0.2, 0.25) is 0 Å². The molecule has 0 radical (unpaired) electrons. The molecular formula is C23H22N4O2S2. The van der Waals surface area contributed by atoms with Gasteiger partial charge in [-0.05, 0) is 32.9 Å². The zero-order valence-corrected chi connectivity index (χ0v) is 19.1. The van der Waals surface area contributed by atoms with Crippen molar-refractivity contribution in [2.24, 2.45) is 0 Å². The molecule has 1 amide bonds. The summed E-state index contributed by atoms with van der Waals surface area (Å²) >= 11 is 2.93. The van der Waals surface area contributed by atoms with Crippen LogP contribution < -0.4 is 10.1 Å². The summed E-state index contributed by atoms with van der Waals surface area (Å²) in [4.78, 5) is 17.2. The van der Waals surface area contributed by atoms with E-state index in [4.69, 9.17) is 4.74 Å². The van der Waals surface area contributed by atoms with E-state index in [1.165, 1.54) is 17.3 Å². The van der Waals surface area contributed by atoms with Gasteiger partial charge in [0, 0.05) is 5.56 Å². The number of carbonyl (C=O) groups excluding carboxylic acids is 1. The average molecular weight is 451 g/mol. The Morgan fingerprint density at radius 3 is 2.65 bits per heavy atom. The predicted molar refractivity (Wildman–Crippen MR) is 127 cm³/mol. The highest BCUT2D eigenvalue weighted by Gasteiger charge is 2.17. The lowest BCUT2D eigenvalue weighted by atomic mass is 10.1. The highest BCUT2D eigenvalue weighted by atomic mass is 32.2. The molecule has 0 atom stereocenters. The minimum absolute atomic E-state index is 0.137. The summed E-state index contributed by atoms with van der Waals surface area (Å²) in [5, 5.41) is 13.4. The number of rotatable bonds is 7. The summed E-state index contributed by atoms with van der Waals surface area (Å²) < 4.78 is 6.56. The van der Waals surface area contributed by atoms with Crippen molar-refractivity contribution < 1.29 is 9.53 Å². The number of fused-ring (bicyclic) bond motifs is 1. The molecule has 2 heterocycles. The van der Waals surface area contributed by atoms with E-state index in [2.05, 4.69) is 39.6 Å². The Morgan fingerprint density at radius 2 is 1.87 bits per heavy atom. The maximum Gasteiger partial charge on any atom is 0.234 e. The normalized spacial score (nSPS) is 10.9. The number of nitrogens with one attached hydrogen (secondary N) is 1. The summed E-state index contributed by atoms with van der Waals surface area (Å²) in [6.07, 6.45) is 0. The third-order valence-electron chi connectivity index (χ3n) is 4.52. The highest BCUT2D eigenvalue weighted by molar-refractivity contribution is 8.00. The molecular weight excluding hydrogens is 428 g/mol. The molecule has 31 heavy (non-hydrogen) atoms. The molecule has 0 saturated carbocycles. The quantitative estimate of drug-likeness (QED) is 0.375. The molecule has 0 aliphatic rings. The number of nitrogens with zero attached hydrogens (tertiary/aromatic N) is 3. The largest absolute Gasteiger partial charge is 0.492 e. The van der Waals surface area contributed by atoms with Crippen LogP contribution in [0.5, 0.6) is 5.75 Å². The van der Waals surface area contributed by atoms with Crippen molar-refractivity contribution in [2.45, 2.75) is 25.8 Å². The van der Waals surface area contributed by atoms with Crippen molar-refractivity contribution in [3.05, 3.63) is 59.1 Å². The number of thiazole rings is 1. The van der Waals surface area contributed by atoms with E-state index >= 15 is 0 Å². The number of anilines is 1. The molecule has 8 heteroatoms. The van der Waals surface area contributed by atoms with Gasteiger partial charge in [-0.15, -0.1) is 21.5 Å². The zero-order chi connectivity index (χ0) is 21.8. The molecule has 0 spiro atoms. The molecule has 4 rings (SSSR count). The monoisotopic (exact) mass is 450 g/mol. The second-order valence-corrected chi connectivity index (χ2v) is 9.06. The number of para-hydroxylation sites is 2. The Morgan fingerprint density at radius 1 is 1.10 bits per heavy atom. The van der Waals surface area contributed by atoms with Crippen molar-refractivity contribution in [3.8, 4) is 17.0 Å². The van der Waals surface area contributed by atoms with Crippen molar-refractivity contribution in [1.29, 1.82) is 0 Å². The topological polar surface area (TPSA) is 77.0 Å². The van der Waals surface area contributed by atoms with Crippen molar-refractivity contribution >= 4 is 44.9 Å². The molecule has 1 N–H and O–H groups in total. The van der Waals surface area contributed by atoms with E-state index in [1.54, 1.807) is 11.3 Å². The van der Waals surface area contributed by atoms with Crippen LogP contribution in [-0.4, -0.2) is 33.4 Å². The fourth-order valence-corrected chi connectivity index (χ4v) is 4.80. The number of carbonyl (C=O) groups is 1. The Labute approximate surface area is 189 Å². The van der Waals surface area contributed by atoms with Gasteiger partial charge in [0.05, 0.1) is 27.8 Å². The van der Waals surface area contributed by atoms with E-state index < -0.39 is 0 Å². The van der Waals surface area contributed by atoms with Crippen LogP contribution in [0, 0.1) is 13.8 Å². The second kappa shape index (κ2) is 9.45. The molecule has 2 aromatic carbocycles. The fourth-order valence-electron chi connectivity index (χ4n) is 3.09. The van der Waals surface area contributed by atoms with Gasteiger partial charge in [-0.3, -0.25) is 4.79 Å². The van der Waals surface area contributed by atoms with Crippen LogP contribution in [0.25, 0.3) is 21.5 Å². The fraction of sp³-hybridized carbons (Fsp3) is 0.217. The van der Waals surface area contributed by atoms with Crippen LogP contribution in [0.1, 0.15) is 17.5 Å². The van der Waals surface area contributed by atoms with Crippen molar-refractivity contribution in [2.75, 3.05) is 17.7 Å². The number of hydrogen-bond donors (Lipinski definition) is 1. The molecule has 0 unspecified atom stereocenters. The molecule has 0 saturated heterocycles. The van der Waals surface area contributed by atoms with E-state index in [-0.39, 0.29) is 11.7 Å². The molecule has 2 aromatic heterocycles. The third kappa shape index (κ3) is 4.86.